The lowest BCUT2D eigenvalue weighted by Crippen LogP contribution is -2.48. The minimum atomic E-state index is -0.148. The number of rotatable bonds is 14. The highest BCUT2D eigenvalue weighted by atomic mass is 35.5. The topological polar surface area (TPSA) is 56.7 Å². The minimum absolute atomic E-state index is 0. The number of halogens is 1. The summed E-state index contributed by atoms with van der Waals surface area (Å²) in [6.45, 7) is 6.41. The first kappa shape index (κ1) is 27.9. The Balaban J connectivity index is 0.00000480. The van der Waals surface area contributed by atoms with Gasteiger partial charge < -0.3 is 10.4 Å². The SMILES string of the molecule is CCc1ccccc1N/N=C(/C)CCCCCCCCCC[C@H]1CC[C@@H](O)[C@@H](C)N1.Cl. The predicted octanol–water partition coefficient (Wildman–Crippen LogP) is 6.86. The molecule has 3 atom stereocenters. The first-order valence-electron chi connectivity index (χ1n) is 12.4. The fourth-order valence-electron chi connectivity index (χ4n) is 4.40. The lowest BCUT2D eigenvalue weighted by molar-refractivity contribution is 0.0849. The highest BCUT2D eigenvalue weighted by Crippen LogP contribution is 2.19. The van der Waals surface area contributed by atoms with Gasteiger partial charge >= 0.3 is 0 Å². The Morgan fingerprint density at radius 3 is 2.35 bits per heavy atom. The van der Waals surface area contributed by atoms with Crippen LogP contribution < -0.4 is 10.7 Å². The lowest BCUT2D eigenvalue weighted by atomic mass is 9.93. The number of nitrogens with zero attached hydrogens (tertiary/aromatic N) is 1. The quantitative estimate of drug-likeness (QED) is 0.164. The van der Waals surface area contributed by atoms with Crippen LogP contribution in [0.2, 0.25) is 0 Å². The van der Waals surface area contributed by atoms with Crippen molar-refractivity contribution in [3.8, 4) is 0 Å². The van der Waals surface area contributed by atoms with Crippen molar-refractivity contribution in [3.05, 3.63) is 29.8 Å². The largest absolute Gasteiger partial charge is 0.392 e. The van der Waals surface area contributed by atoms with Gasteiger partial charge in [-0.05, 0) is 64.0 Å². The van der Waals surface area contributed by atoms with Crippen molar-refractivity contribution < 1.29 is 5.11 Å². The summed E-state index contributed by atoms with van der Waals surface area (Å²) >= 11 is 0. The van der Waals surface area contributed by atoms with Crippen molar-refractivity contribution >= 4 is 23.8 Å². The van der Waals surface area contributed by atoms with E-state index >= 15 is 0 Å². The number of hydrazone groups is 1. The van der Waals surface area contributed by atoms with Crippen molar-refractivity contribution in [1.29, 1.82) is 0 Å². The van der Waals surface area contributed by atoms with Crippen LogP contribution in [-0.4, -0.2) is 29.0 Å². The van der Waals surface area contributed by atoms with Crippen LogP contribution in [0.1, 0.15) is 103 Å². The number of aryl methyl sites for hydroxylation is 1. The molecule has 0 aromatic heterocycles. The maximum Gasteiger partial charge on any atom is 0.0691 e. The molecule has 1 saturated heterocycles. The summed E-state index contributed by atoms with van der Waals surface area (Å²) in [7, 11) is 0. The number of aliphatic hydroxyl groups excluding tert-OH is 1. The van der Waals surface area contributed by atoms with Gasteiger partial charge in [-0.15, -0.1) is 12.4 Å². The van der Waals surface area contributed by atoms with Crippen LogP contribution in [0.15, 0.2) is 29.4 Å². The molecular formula is C26H46ClN3O. The Morgan fingerprint density at radius 1 is 1.03 bits per heavy atom. The number of hydrogen-bond donors (Lipinski definition) is 3. The minimum Gasteiger partial charge on any atom is -0.392 e. The van der Waals surface area contributed by atoms with Gasteiger partial charge in [0.15, 0.2) is 0 Å². The number of nitrogens with one attached hydrogen (secondary N) is 2. The van der Waals surface area contributed by atoms with Gasteiger partial charge in [-0.1, -0.05) is 70.1 Å². The third-order valence-corrected chi connectivity index (χ3v) is 6.49. The van der Waals surface area contributed by atoms with Crippen molar-refractivity contribution in [1.82, 2.24) is 5.32 Å². The molecule has 0 aliphatic carbocycles. The zero-order valence-corrected chi connectivity index (χ0v) is 20.9. The molecule has 178 valence electrons. The second kappa shape index (κ2) is 16.5. The summed E-state index contributed by atoms with van der Waals surface area (Å²) < 4.78 is 0. The van der Waals surface area contributed by atoms with Crippen molar-refractivity contribution in [2.24, 2.45) is 5.10 Å². The summed E-state index contributed by atoms with van der Waals surface area (Å²) in [6, 6.07) is 9.29. The first-order valence-corrected chi connectivity index (χ1v) is 12.4. The third-order valence-electron chi connectivity index (χ3n) is 6.49. The summed E-state index contributed by atoms with van der Waals surface area (Å²) in [5.41, 5.74) is 6.88. The number of hydrogen-bond acceptors (Lipinski definition) is 4. The van der Waals surface area contributed by atoms with Crippen LogP contribution in [0.25, 0.3) is 0 Å². The van der Waals surface area contributed by atoms with Crippen molar-refractivity contribution in [2.75, 3.05) is 5.43 Å². The van der Waals surface area contributed by atoms with E-state index in [-0.39, 0.29) is 24.6 Å². The second-order valence-electron chi connectivity index (χ2n) is 9.13. The van der Waals surface area contributed by atoms with E-state index in [0.717, 1.165) is 31.4 Å². The van der Waals surface area contributed by atoms with Gasteiger partial charge in [-0.2, -0.15) is 5.10 Å². The number of piperidine rings is 1. The summed E-state index contributed by atoms with van der Waals surface area (Å²) in [5, 5.41) is 17.9. The Hall–Kier alpha value is -1.10. The molecule has 1 aliphatic heterocycles. The number of benzene rings is 1. The summed E-state index contributed by atoms with van der Waals surface area (Å²) in [4.78, 5) is 0. The van der Waals surface area contributed by atoms with Crippen LogP contribution in [0, 0.1) is 0 Å². The van der Waals surface area contributed by atoms with Gasteiger partial charge in [0.2, 0.25) is 0 Å². The van der Waals surface area contributed by atoms with E-state index in [9.17, 15) is 5.11 Å². The average molecular weight is 452 g/mol. The molecule has 1 heterocycles. The highest BCUT2D eigenvalue weighted by molar-refractivity contribution is 5.85. The second-order valence-corrected chi connectivity index (χ2v) is 9.13. The smallest absolute Gasteiger partial charge is 0.0691 e. The van der Waals surface area contributed by atoms with Gasteiger partial charge in [0, 0.05) is 17.8 Å². The molecule has 0 saturated carbocycles. The lowest BCUT2D eigenvalue weighted by Gasteiger charge is -2.32. The molecule has 1 aromatic carbocycles. The first-order chi connectivity index (χ1) is 14.6. The summed E-state index contributed by atoms with van der Waals surface area (Å²) in [6.07, 6.45) is 16.0. The molecule has 1 aromatic rings. The van der Waals surface area contributed by atoms with Gasteiger partial charge in [-0.3, -0.25) is 5.43 Å². The van der Waals surface area contributed by atoms with Crippen LogP contribution >= 0.6 is 12.4 Å². The molecule has 0 radical (unpaired) electrons. The van der Waals surface area contributed by atoms with Gasteiger partial charge in [-0.25, -0.2) is 0 Å². The number of anilines is 1. The van der Waals surface area contributed by atoms with Gasteiger partial charge in [0.1, 0.15) is 0 Å². The number of unbranched alkanes of at least 4 members (excludes halogenated alkanes) is 7. The molecule has 0 bridgehead atoms. The van der Waals surface area contributed by atoms with Crippen LogP contribution in [0.5, 0.6) is 0 Å². The molecule has 1 aliphatic rings. The third kappa shape index (κ3) is 11.4. The van der Waals surface area contributed by atoms with E-state index in [2.05, 4.69) is 60.9 Å². The van der Waals surface area contributed by atoms with Gasteiger partial charge in [0.05, 0.1) is 11.8 Å². The Bertz CT molecular complexity index is 622. The fourth-order valence-corrected chi connectivity index (χ4v) is 4.40. The van der Waals surface area contributed by atoms with E-state index in [1.165, 1.54) is 69.1 Å². The number of aliphatic hydroxyl groups is 1. The molecule has 0 unspecified atom stereocenters. The highest BCUT2D eigenvalue weighted by Gasteiger charge is 2.24. The molecule has 1 fully saturated rings. The van der Waals surface area contributed by atoms with E-state index in [0.29, 0.717) is 6.04 Å². The Morgan fingerprint density at radius 2 is 1.68 bits per heavy atom. The molecule has 0 spiro atoms. The molecular weight excluding hydrogens is 406 g/mol. The molecule has 0 amide bonds. The standard InChI is InChI=1S/C26H45N3O.ClH/c1-4-23-16-13-14-18-25(23)29-28-21(2)15-11-9-7-5-6-8-10-12-17-24-19-20-26(30)22(3)27-24;/h13-14,16,18,22,24,26-27,29-30H,4-12,15,17,19-20H2,1-3H3;1H/b28-21-;/t22-,24+,26-;/m1./s1. The molecule has 2 rings (SSSR count). The van der Waals surface area contributed by atoms with E-state index in [1.54, 1.807) is 0 Å². The van der Waals surface area contributed by atoms with Crippen LogP contribution in [-0.2, 0) is 6.42 Å². The zero-order valence-electron chi connectivity index (χ0n) is 20.0. The molecule has 5 heteroatoms. The predicted molar refractivity (Wildman–Crippen MR) is 138 cm³/mol. The van der Waals surface area contributed by atoms with Crippen LogP contribution in [0.4, 0.5) is 5.69 Å². The van der Waals surface area contributed by atoms with Crippen LogP contribution in [0.3, 0.4) is 0 Å². The molecule has 31 heavy (non-hydrogen) atoms. The maximum absolute atomic E-state index is 9.78. The average Bonchev–Trinajstić information content (AvgIpc) is 2.76. The van der Waals surface area contributed by atoms with Crippen molar-refractivity contribution in [2.45, 2.75) is 122 Å². The summed E-state index contributed by atoms with van der Waals surface area (Å²) in [5.74, 6) is 0. The maximum atomic E-state index is 9.78. The van der Waals surface area contributed by atoms with Gasteiger partial charge in [0.25, 0.3) is 0 Å². The Kier molecular flexibility index (Phi) is 14.9. The van der Waals surface area contributed by atoms with Crippen molar-refractivity contribution in [3.63, 3.8) is 0 Å². The Labute approximate surface area is 197 Å². The van der Waals surface area contributed by atoms with E-state index in [4.69, 9.17) is 0 Å². The van der Waals surface area contributed by atoms with E-state index < -0.39 is 0 Å². The monoisotopic (exact) mass is 451 g/mol. The molecule has 3 N–H and O–H groups in total. The molecule has 4 nitrogen and oxygen atoms in total. The zero-order chi connectivity index (χ0) is 21.6. The normalized spacial score (nSPS) is 21.5. The van der Waals surface area contributed by atoms with E-state index in [1.807, 2.05) is 0 Å². The number of para-hydroxylation sites is 1. The fraction of sp³-hybridized carbons (Fsp3) is 0.731.